The van der Waals surface area contributed by atoms with Gasteiger partial charge < -0.3 is 10.2 Å². The van der Waals surface area contributed by atoms with Gasteiger partial charge in [0.2, 0.25) is 5.95 Å². The highest BCUT2D eigenvalue weighted by Gasteiger charge is 2.17. The maximum atomic E-state index is 14.0. The van der Waals surface area contributed by atoms with E-state index in [0.717, 1.165) is 48.7 Å². The minimum absolute atomic E-state index is 0.156. The Balaban J connectivity index is 1.75. The Morgan fingerprint density at radius 3 is 2.42 bits per heavy atom. The van der Waals surface area contributed by atoms with Gasteiger partial charge in [0.05, 0.1) is 11.2 Å². The van der Waals surface area contributed by atoms with Gasteiger partial charge in [-0.15, -0.1) is 0 Å². The normalized spacial score (nSPS) is 15.1. The molecule has 1 aliphatic rings. The Hall–Kier alpha value is -2.76. The molecule has 0 unspecified atom stereocenters. The molecule has 1 fully saturated rings. The highest BCUT2D eigenvalue weighted by Crippen LogP contribution is 2.28. The Morgan fingerprint density at radius 1 is 0.885 bits per heavy atom. The number of rotatable bonds is 3. The van der Waals surface area contributed by atoms with Crippen molar-refractivity contribution in [1.82, 2.24) is 9.97 Å². The number of anilines is 3. The topological polar surface area (TPSA) is 41.1 Å². The molecule has 134 valence electrons. The largest absolute Gasteiger partial charge is 0.356 e. The Bertz CT molecular complexity index is 921. The van der Waals surface area contributed by atoms with E-state index >= 15 is 0 Å². The first-order valence-corrected chi connectivity index (χ1v) is 8.94. The van der Waals surface area contributed by atoms with E-state index in [1.165, 1.54) is 25.0 Å². The number of nitrogens with zero attached hydrogens (tertiary/aromatic N) is 3. The molecule has 26 heavy (non-hydrogen) atoms. The fourth-order valence-electron chi connectivity index (χ4n) is 3.35. The van der Waals surface area contributed by atoms with Crippen LogP contribution in [0.3, 0.4) is 0 Å². The number of benzene rings is 2. The third-order valence-corrected chi connectivity index (χ3v) is 4.67. The van der Waals surface area contributed by atoms with E-state index in [1.54, 1.807) is 0 Å². The summed E-state index contributed by atoms with van der Waals surface area (Å²) in [6.07, 6.45) is 4.72. The smallest absolute Gasteiger partial charge is 0.229 e. The van der Waals surface area contributed by atoms with Crippen molar-refractivity contribution in [2.45, 2.75) is 25.7 Å². The van der Waals surface area contributed by atoms with Crippen molar-refractivity contribution in [3.05, 3.63) is 54.1 Å². The molecule has 6 heteroatoms. The van der Waals surface area contributed by atoms with E-state index in [0.29, 0.717) is 5.95 Å². The number of aromatic nitrogens is 2. The summed E-state index contributed by atoms with van der Waals surface area (Å²) in [6.45, 7) is 1.90. The van der Waals surface area contributed by atoms with Crippen molar-refractivity contribution in [3.8, 4) is 0 Å². The minimum Gasteiger partial charge on any atom is -0.356 e. The fourth-order valence-corrected chi connectivity index (χ4v) is 3.35. The van der Waals surface area contributed by atoms with Crippen LogP contribution >= 0.6 is 0 Å². The van der Waals surface area contributed by atoms with Crippen LogP contribution in [0.15, 0.2) is 42.5 Å². The monoisotopic (exact) mass is 354 g/mol. The molecule has 4 nitrogen and oxygen atoms in total. The Kier molecular flexibility index (Phi) is 4.65. The lowest BCUT2D eigenvalue weighted by Crippen LogP contribution is -2.25. The second kappa shape index (κ2) is 7.23. The standard InChI is InChI=1S/C20H20F2N4/c21-14-9-10-18(16(22)13-14)24-20-23-17-8-4-3-7-15(17)19(25-20)26-11-5-1-2-6-12-26/h3-4,7-10,13H,1-2,5-6,11-12H2,(H,23,24,25). The van der Waals surface area contributed by atoms with Gasteiger partial charge in [0, 0.05) is 24.5 Å². The van der Waals surface area contributed by atoms with E-state index < -0.39 is 11.6 Å². The molecule has 4 rings (SSSR count). The molecule has 0 saturated carbocycles. The molecule has 3 aromatic rings. The predicted octanol–water partition coefficient (Wildman–Crippen LogP) is 5.03. The van der Waals surface area contributed by atoms with Gasteiger partial charge in [-0.25, -0.2) is 13.8 Å². The number of nitrogens with one attached hydrogen (secondary N) is 1. The molecule has 1 saturated heterocycles. The van der Waals surface area contributed by atoms with Crippen LogP contribution in [-0.2, 0) is 0 Å². The van der Waals surface area contributed by atoms with E-state index in [1.807, 2.05) is 24.3 Å². The lowest BCUT2D eigenvalue weighted by Gasteiger charge is -2.23. The van der Waals surface area contributed by atoms with Crippen molar-refractivity contribution in [1.29, 1.82) is 0 Å². The number of para-hydroxylation sites is 1. The number of hydrogen-bond donors (Lipinski definition) is 1. The lowest BCUT2D eigenvalue weighted by atomic mass is 10.2. The average molecular weight is 354 g/mol. The summed E-state index contributed by atoms with van der Waals surface area (Å²) in [5.74, 6) is -0.105. The van der Waals surface area contributed by atoms with Crippen LogP contribution in [0, 0.1) is 11.6 Å². The Morgan fingerprint density at radius 2 is 1.65 bits per heavy atom. The van der Waals surface area contributed by atoms with Gasteiger partial charge in [-0.2, -0.15) is 4.98 Å². The van der Waals surface area contributed by atoms with Crippen LogP contribution < -0.4 is 10.2 Å². The molecular formula is C20H20F2N4. The summed E-state index contributed by atoms with van der Waals surface area (Å²) >= 11 is 0. The van der Waals surface area contributed by atoms with Gasteiger partial charge >= 0.3 is 0 Å². The molecule has 2 heterocycles. The lowest BCUT2D eigenvalue weighted by molar-refractivity contribution is 0.586. The van der Waals surface area contributed by atoms with Crippen LogP contribution in [0.5, 0.6) is 0 Å². The van der Waals surface area contributed by atoms with Crippen LogP contribution in [0.1, 0.15) is 25.7 Å². The summed E-state index contributed by atoms with van der Waals surface area (Å²) in [5, 5.41) is 3.88. The molecule has 1 aromatic heterocycles. The third kappa shape index (κ3) is 3.45. The van der Waals surface area contributed by atoms with Crippen LogP contribution in [0.25, 0.3) is 10.9 Å². The van der Waals surface area contributed by atoms with Crippen LogP contribution in [0.2, 0.25) is 0 Å². The first-order valence-electron chi connectivity index (χ1n) is 8.94. The molecule has 0 radical (unpaired) electrons. The summed E-state index contributed by atoms with van der Waals surface area (Å²) in [5.41, 5.74) is 0.954. The molecule has 0 amide bonds. The second-order valence-corrected chi connectivity index (χ2v) is 6.54. The van der Waals surface area contributed by atoms with Crippen molar-refractivity contribution >= 4 is 28.4 Å². The summed E-state index contributed by atoms with van der Waals surface area (Å²) in [6, 6.07) is 11.2. The van der Waals surface area contributed by atoms with Crippen molar-refractivity contribution < 1.29 is 8.78 Å². The maximum Gasteiger partial charge on any atom is 0.229 e. The van der Waals surface area contributed by atoms with Crippen molar-refractivity contribution in [3.63, 3.8) is 0 Å². The summed E-state index contributed by atoms with van der Waals surface area (Å²) < 4.78 is 27.1. The summed E-state index contributed by atoms with van der Waals surface area (Å²) in [4.78, 5) is 11.5. The molecule has 1 aliphatic heterocycles. The second-order valence-electron chi connectivity index (χ2n) is 6.54. The van der Waals surface area contributed by atoms with E-state index in [9.17, 15) is 8.78 Å². The molecule has 0 aliphatic carbocycles. The zero-order valence-corrected chi connectivity index (χ0v) is 14.4. The molecule has 0 atom stereocenters. The zero-order chi connectivity index (χ0) is 17.9. The van der Waals surface area contributed by atoms with Gasteiger partial charge in [-0.1, -0.05) is 25.0 Å². The van der Waals surface area contributed by atoms with Gasteiger partial charge in [0.15, 0.2) is 0 Å². The van der Waals surface area contributed by atoms with Crippen LogP contribution in [-0.4, -0.2) is 23.1 Å². The van der Waals surface area contributed by atoms with Gasteiger partial charge in [-0.05, 0) is 37.1 Å². The maximum absolute atomic E-state index is 14.0. The molecular weight excluding hydrogens is 334 g/mol. The SMILES string of the molecule is Fc1ccc(Nc2nc(N3CCCCCC3)c3ccccc3n2)c(F)c1. The Labute approximate surface area is 150 Å². The van der Waals surface area contributed by atoms with Crippen molar-refractivity contribution in [2.75, 3.05) is 23.3 Å². The van der Waals surface area contributed by atoms with Gasteiger partial charge in [0.1, 0.15) is 17.5 Å². The van der Waals surface area contributed by atoms with Gasteiger partial charge in [0.25, 0.3) is 0 Å². The van der Waals surface area contributed by atoms with Crippen molar-refractivity contribution in [2.24, 2.45) is 0 Å². The zero-order valence-electron chi connectivity index (χ0n) is 14.4. The van der Waals surface area contributed by atoms with Gasteiger partial charge in [-0.3, -0.25) is 0 Å². The fraction of sp³-hybridized carbons (Fsp3) is 0.300. The molecule has 2 aromatic carbocycles. The number of halogens is 2. The highest BCUT2D eigenvalue weighted by atomic mass is 19.1. The molecule has 0 bridgehead atoms. The highest BCUT2D eigenvalue weighted by molar-refractivity contribution is 5.90. The number of hydrogen-bond acceptors (Lipinski definition) is 4. The predicted molar refractivity (Wildman–Crippen MR) is 99.9 cm³/mol. The molecule has 1 N–H and O–H groups in total. The van der Waals surface area contributed by atoms with E-state index in [2.05, 4.69) is 20.2 Å². The number of fused-ring (bicyclic) bond motifs is 1. The first-order chi connectivity index (χ1) is 12.7. The average Bonchev–Trinajstić information content (AvgIpc) is 2.93. The van der Waals surface area contributed by atoms with Crippen LogP contribution in [0.4, 0.5) is 26.2 Å². The summed E-state index contributed by atoms with van der Waals surface area (Å²) in [7, 11) is 0. The third-order valence-electron chi connectivity index (χ3n) is 4.67. The molecule has 0 spiro atoms. The quantitative estimate of drug-likeness (QED) is 0.716. The first kappa shape index (κ1) is 16.7. The van der Waals surface area contributed by atoms with E-state index in [4.69, 9.17) is 0 Å². The minimum atomic E-state index is -0.668. The van der Waals surface area contributed by atoms with E-state index in [-0.39, 0.29) is 5.69 Å².